The summed E-state index contributed by atoms with van der Waals surface area (Å²) in [5.41, 5.74) is 9.50. The van der Waals surface area contributed by atoms with Gasteiger partial charge >= 0.3 is 0 Å². The number of hydrogen-bond acceptors (Lipinski definition) is 3. The Kier molecular flexibility index (Phi) is 5.37. The first-order chi connectivity index (χ1) is 10.1. The van der Waals surface area contributed by atoms with E-state index in [-0.39, 0.29) is 12.1 Å². The van der Waals surface area contributed by atoms with E-state index < -0.39 is 0 Å². The molecule has 0 aliphatic rings. The fourth-order valence-corrected chi connectivity index (χ4v) is 2.35. The van der Waals surface area contributed by atoms with Crippen molar-refractivity contribution in [2.45, 2.75) is 32.6 Å². The summed E-state index contributed by atoms with van der Waals surface area (Å²) in [7, 11) is 1.66. The molecule has 0 saturated heterocycles. The van der Waals surface area contributed by atoms with Crippen molar-refractivity contribution in [2.24, 2.45) is 5.73 Å². The van der Waals surface area contributed by atoms with Crippen LogP contribution in [-0.2, 0) is 11.3 Å². The molecule has 0 aliphatic carbocycles. The van der Waals surface area contributed by atoms with Crippen LogP contribution < -0.4 is 10.5 Å². The van der Waals surface area contributed by atoms with Crippen molar-refractivity contribution in [3.05, 3.63) is 65.2 Å². The van der Waals surface area contributed by atoms with Crippen LogP contribution >= 0.6 is 0 Å². The molecule has 2 N–H and O–H groups in total. The number of methoxy groups -OCH3 is 1. The molecule has 0 aliphatic heterocycles. The van der Waals surface area contributed by atoms with Crippen LogP contribution in [0.15, 0.2) is 48.5 Å². The first kappa shape index (κ1) is 15.5. The lowest BCUT2D eigenvalue weighted by molar-refractivity contribution is 0.0258. The van der Waals surface area contributed by atoms with Crippen molar-refractivity contribution in [1.29, 1.82) is 0 Å². The van der Waals surface area contributed by atoms with Gasteiger partial charge in [0.25, 0.3) is 0 Å². The van der Waals surface area contributed by atoms with Gasteiger partial charge in [-0.1, -0.05) is 42.0 Å². The second kappa shape index (κ2) is 7.25. The standard InChI is InChI=1S/C18H23NO2/c1-13-6-4-8-16(10-13)18(14(2)19)21-12-15-7-5-9-17(11-15)20-3/h4-11,14,18H,12,19H2,1-3H3. The maximum atomic E-state index is 6.09. The zero-order valence-electron chi connectivity index (χ0n) is 12.9. The SMILES string of the molecule is COc1cccc(COC(c2cccc(C)c2)C(C)N)c1. The summed E-state index contributed by atoms with van der Waals surface area (Å²) >= 11 is 0. The number of hydrogen-bond donors (Lipinski definition) is 1. The van der Waals surface area contributed by atoms with Crippen molar-refractivity contribution in [3.8, 4) is 5.75 Å². The van der Waals surface area contributed by atoms with Gasteiger partial charge in [0.2, 0.25) is 0 Å². The normalized spacial score (nSPS) is 13.7. The molecule has 2 atom stereocenters. The minimum Gasteiger partial charge on any atom is -0.497 e. The molecule has 2 aromatic carbocycles. The van der Waals surface area contributed by atoms with E-state index in [4.69, 9.17) is 15.2 Å². The molecule has 0 fully saturated rings. The average molecular weight is 285 g/mol. The van der Waals surface area contributed by atoms with E-state index in [9.17, 15) is 0 Å². The minimum atomic E-state index is -0.115. The predicted molar refractivity (Wildman–Crippen MR) is 85.4 cm³/mol. The van der Waals surface area contributed by atoms with E-state index in [0.29, 0.717) is 6.61 Å². The molecule has 0 spiro atoms. The molecule has 0 saturated carbocycles. The van der Waals surface area contributed by atoms with Crippen LogP contribution in [0.25, 0.3) is 0 Å². The summed E-state index contributed by atoms with van der Waals surface area (Å²) in [6.07, 6.45) is -0.115. The van der Waals surface area contributed by atoms with Gasteiger partial charge in [-0.25, -0.2) is 0 Å². The topological polar surface area (TPSA) is 44.5 Å². The molecule has 112 valence electrons. The second-order valence-corrected chi connectivity index (χ2v) is 5.36. The first-order valence-electron chi connectivity index (χ1n) is 7.17. The summed E-state index contributed by atoms with van der Waals surface area (Å²) in [6.45, 7) is 4.56. The molecule has 0 heterocycles. The van der Waals surface area contributed by atoms with Gasteiger partial charge in [-0.15, -0.1) is 0 Å². The first-order valence-corrected chi connectivity index (χ1v) is 7.17. The highest BCUT2D eigenvalue weighted by molar-refractivity contribution is 5.28. The van der Waals surface area contributed by atoms with Gasteiger partial charge in [0.15, 0.2) is 0 Å². The summed E-state index contributed by atoms with van der Waals surface area (Å²) in [6, 6.07) is 16.1. The molecule has 2 aromatic rings. The lowest BCUT2D eigenvalue weighted by atomic mass is 10.0. The van der Waals surface area contributed by atoms with Gasteiger partial charge < -0.3 is 15.2 Å². The Bertz CT molecular complexity index is 581. The third kappa shape index (κ3) is 4.31. The highest BCUT2D eigenvalue weighted by atomic mass is 16.5. The highest BCUT2D eigenvalue weighted by Gasteiger charge is 2.17. The van der Waals surface area contributed by atoms with Crippen LogP contribution in [0.5, 0.6) is 5.75 Å². The Morgan fingerprint density at radius 3 is 2.52 bits per heavy atom. The van der Waals surface area contributed by atoms with E-state index in [0.717, 1.165) is 16.9 Å². The fourth-order valence-electron chi connectivity index (χ4n) is 2.35. The largest absolute Gasteiger partial charge is 0.497 e. The monoisotopic (exact) mass is 285 g/mol. The van der Waals surface area contributed by atoms with E-state index in [1.54, 1.807) is 7.11 Å². The fraction of sp³-hybridized carbons (Fsp3) is 0.333. The lowest BCUT2D eigenvalue weighted by Crippen LogP contribution is -2.27. The third-order valence-electron chi connectivity index (χ3n) is 3.41. The van der Waals surface area contributed by atoms with Crippen molar-refractivity contribution in [1.82, 2.24) is 0 Å². The number of rotatable bonds is 6. The van der Waals surface area contributed by atoms with Gasteiger partial charge in [-0.2, -0.15) is 0 Å². The maximum Gasteiger partial charge on any atom is 0.119 e. The molecule has 0 aromatic heterocycles. The molecular formula is C18H23NO2. The van der Waals surface area contributed by atoms with Crippen LogP contribution in [0, 0.1) is 6.92 Å². The van der Waals surface area contributed by atoms with Crippen LogP contribution in [0.2, 0.25) is 0 Å². The molecule has 2 unspecified atom stereocenters. The van der Waals surface area contributed by atoms with Gasteiger partial charge in [-0.05, 0) is 37.1 Å². The van der Waals surface area contributed by atoms with Gasteiger partial charge in [0.05, 0.1) is 19.8 Å². The predicted octanol–water partition coefficient (Wildman–Crippen LogP) is 3.61. The van der Waals surface area contributed by atoms with E-state index in [1.807, 2.05) is 37.3 Å². The lowest BCUT2D eigenvalue weighted by Gasteiger charge is -2.22. The zero-order valence-corrected chi connectivity index (χ0v) is 12.9. The quantitative estimate of drug-likeness (QED) is 0.881. The van der Waals surface area contributed by atoms with E-state index in [2.05, 4.69) is 25.1 Å². The Hall–Kier alpha value is -1.84. The Balaban J connectivity index is 2.10. The van der Waals surface area contributed by atoms with Crippen LogP contribution in [0.4, 0.5) is 0 Å². The molecule has 2 rings (SSSR count). The molecule has 0 radical (unpaired) electrons. The van der Waals surface area contributed by atoms with E-state index in [1.165, 1.54) is 5.56 Å². The zero-order chi connectivity index (χ0) is 15.2. The summed E-state index contributed by atoms with van der Waals surface area (Å²) < 4.78 is 11.3. The van der Waals surface area contributed by atoms with Gasteiger partial charge in [0.1, 0.15) is 5.75 Å². The minimum absolute atomic E-state index is 0.0718. The number of nitrogens with two attached hydrogens (primary N) is 1. The van der Waals surface area contributed by atoms with Gasteiger partial charge in [0, 0.05) is 6.04 Å². The highest BCUT2D eigenvalue weighted by Crippen LogP contribution is 2.23. The Morgan fingerprint density at radius 1 is 1.10 bits per heavy atom. The van der Waals surface area contributed by atoms with Crippen molar-refractivity contribution < 1.29 is 9.47 Å². The van der Waals surface area contributed by atoms with Crippen LogP contribution in [-0.4, -0.2) is 13.2 Å². The summed E-state index contributed by atoms with van der Waals surface area (Å²) in [5, 5.41) is 0. The number of benzene rings is 2. The smallest absolute Gasteiger partial charge is 0.119 e. The molecule has 3 nitrogen and oxygen atoms in total. The molecule has 0 amide bonds. The molecule has 21 heavy (non-hydrogen) atoms. The summed E-state index contributed by atoms with van der Waals surface area (Å²) in [5.74, 6) is 0.837. The molecule has 3 heteroatoms. The number of aryl methyl sites for hydroxylation is 1. The number of ether oxygens (including phenoxy) is 2. The maximum absolute atomic E-state index is 6.09. The summed E-state index contributed by atoms with van der Waals surface area (Å²) in [4.78, 5) is 0. The average Bonchev–Trinajstić information content (AvgIpc) is 2.47. The van der Waals surface area contributed by atoms with Crippen LogP contribution in [0.1, 0.15) is 29.7 Å². The van der Waals surface area contributed by atoms with E-state index >= 15 is 0 Å². The Morgan fingerprint density at radius 2 is 1.86 bits per heavy atom. The van der Waals surface area contributed by atoms with Gasteiger partial charge in [-0.3, -0.25) is 0 Å². The Labute approximate surface area is 126 Å². The molecule has 0 bridgehead atoms. The van der Waals surface area contributed by atoms with Crippen LogP contribution in [0.3, 0.4) is 0 Å². The van der Waals surface area contributed by atoms with Crippen molar-refractivity contribution in [2.75, 3.05) is 7.11 Å². The van der Waals surface area contributed by atoms with Crippen molar-refractivity contribution in [3.63, 3.8) is 0 Å². The molecular weight excluding hydrogens is 262 g/mol. The third-order valence-corrected chi connectivity index (χ3v) is 3.41. The second-order valence-electron chi connectivity index (χ2n) is 5.36. The van der Waals surface area contributed by atoms with Crippen molar-refractivity contribution >= 4 is 0 Å².